The van der Waals surface area contributed by atoms with Crippen molar-refractivity contribution in [2.24, 2.45) is 5.41 Å². The molecule has 1 amide bonds. The Morgan fingerprint density at radius 2 is 1.60 bits per heavy atom. The second kappa shape index (κ2) is 11.6. The number of nitrogens with one attached hydrogen (secondary N) is 1. The lowest BCUT2D eigenvalue weighted by molar-refractivity contribution is -0.131. The SMILES string of the molecule is COc1ccccc1C1C2=C(CC(C)(C)CC2=O)Nc2ccccc2N1CC(=O)N1CCN(Cc2ccccc2)CC1. The summed E-state index contributed by atoms with van der Waals surface area (Å²) < 4.78 is 5.83. The standard InChI is InChI=1S/C35H40N4O3/c1-35(2)21-28-33(30(40)22-35)34(26-13-7-10-16-31(26)42-3)39(29-15-9-8-14-27(29)36-28)24-32(41)38-19-17-37(18-20-38)23-25-11-5-4-6-12-25/h4-16,34,36H,17-24H2,1-3H3. The third-order valence-corrected chi connectivity index (χ3v) is 8.72. The highest BCUT2D eigenvalue weighted by Crippen LogP contribution is 2.49. The molecule has 0 radical (unpaired) electrons. The molecule has 6 rings (SSSR count). The van der Waals surface area contributed by atoms with Crippen molar-refractivity contribution in [1.82, 2.24) is 9.80 Å². The minimum atomic E-state index is -0.459. The zero-order chi connectivity index (χ0) is 29.3. The predicted octanol–water partition coefficient (Wildman–Crippen LogP) is 5.66. The molecule has 1 aliphatic carbocycles. The average molecular weight is 565 g/mol. The van der Waals surface area contributed by atoms with E-state index in [1.54, 1.807) is 7.11 Å². The monoisotopic (exact) mass is 564 g/mol. The van der Waals surface area contributed by atoms with Crippen LogP contribution in [-0.2, 0) is 16.1 Å². The van der Waals surface area contributed by atoms with Crippen molar-refractivity contribution >= 4 is 23.1 Å². The minimum absolute atomic E-state index is 0.0664. The number of rotatable bonds is 6. The Morgan fingerprint density at radius 1 is 0.905 bits per heavy atom. The fourth-order valence-corrected chi connectivity index (χ4v) is 6.69. The Hall–Kier alpha value is -4.10. The number of ketones is 1. The van der Waals surface area contributed by atoms with Gasteiger partial charge in [-0.3, -0.25) is 14.5 Å². The van der Waals surface area contributed by atoms with E-state index in [0.717, 1.165) is 54.3 Å². The first-order valence-corrected chi connectivity index (χ1v) is 14.9. The summed E-state index contributed by atoms with van der Waals surface area (Å²) in [5.41, 5.74) is 5.50. The summed E-state index contributed by atoms with van der Waals surface area (Å²) in [6.45, 7) is 8.36. The number of hydrogen-bond acceptors (Lipinski definition) is 6. The first-order valence-electron chi connectivity index (χ1n) is 14.9. The van der Waals surface area contributed by atoms with E-state index in [4.69, 9.17) is 4.74 Å². The summed E-state index contributed by atoms with van der Waals surface area (Å²) in [6.07, 6.45) is 1.21. The van der Waals surface area contributed by atoms with Gasteiger partial charge in [-0.1, -0.05) is 74.5 Å². The van der Waals surface area contributed by atoms with Crippen LogP contribution in [0.5, 0.6) is 5.75 Å². The highest BCUT2D eigenvalue weighted by molar-refractivity contribution is 6.02. The van der Waals surface area contributed by atoms with Crippen molar-refractivity contribution < 1.29 is 14.3 Å². The molecule has 0 spiro atoms. The molecule has 3 aromatic carbocycles. The molecular formula is C35H40N4O3. The fraction of sp³-hybridized carbons (Fsp3) is 0.371. The van der Waals surface area contributed by atoms with Gasteiger partial charge in [0.05, 0.1) is 31.1 Å². The van der Waals surface area contributed by atoms with Crippen LogP contribution in [0.1, 0.15) is 43.9 Å². The zero-order valence-corrected chi connectivity index (χ0v) is 24.8. The highest BCUT2D eigenvalue weighted by atomic mass is 16.5. The number of hydrogen-bond donors (Lipinski definition) is 1. The molecule has 0 aromatic heterocycles. The van der Waals surface area contributed by atoms with Gasteiger partial charge >= 0.3 is 0 Å². The Kier molecular flexibility index (Phi) is 7.78. The van der Waals surface area contributed by atoms with Crippen LogP contribution in [0.4, 0.5) is 11.4 Å². The van der Waals surface area contributed by atoms with Crippen molar-refractivity contribution in [2.45, 2.75) is 39.3 Å². The maximum atomic E-state index is 14.0. The summed E-state index contributed by atoms with van der Waals surface area (Å²) in [7, 11) is 1.66. The van der Waals surface area contributed by atoms with Crippen LogP contribution < -0.4 is 15.0 Å². The number of nitrogens with zero attached hydrogens (tertiary/aromatic N) is 3. The number of carbonyl (C=O) groups is 2. The molecule has 0 bridgehead atoms. The first-order chi connectivity index (χ1) is 20.3. The van der Waals surface area contributed by atoms with Crippen LogP contribution in [-0.4, -0.2) is 61.3 Å². The van der Waals surface area contributed by atoms with E-state index in [-0.39, 0.29) is 23.7 Å². The minimum Gasteiger partial charge on any atom is -0.496 e. The van der Waals surface area contributed by atoms with Gasteiger partial charge in [0.1, 0.15) is 5.75 Å². The third kappa shape index (κ3) is 5.66. The molecule has 3 aromatic rings. The second-order valence-electron chi connectivity index (χ2n) is 12.4. The molecule has 2 aliphatic heterocycles. The number of benzene rings is 3. The molecule has 1 saturated heterocycles. The van der Waals surface area contributed by atoms with Crippen LogP contribution in [0.25, 0.3) is 0 Å². The van der Waals surface area contributed by atoms with Gasteiger partial charge in [0.2, 0.25) is 5.91 Å². The lowest BCUT2D eigenvalue weighted by Crippen LogP contribution is -2.51. The number of ether oxygens (including phenoxy) is 1. The molecule has 1 N–H and O–H groups in total. The van der Waals surface area contributed by atoms with Gasteiger partial charge < -0.3 is 19.9 Å². The molecule has 7 heteroatoms. The van der Waals surface area contributed by atoms with Gasteiger partial charge in [-0.05, 0) is 35.6 Å². The molecule has 218 valence electrons. The van der Waals surface area contributed by atoms with Gasteiger partial charge in [0.15, 0.2) is 5.78 Å². The summed E-state index contributed by atoms with van der Waals surface area (Å²) >= 11 is 0. The Balaban J connectivity index is 1.34. The second-order valence-corrected chi connectivity index (χ2v) is 12.4. The fourth-order valence-electron chi connectivity index (χ4n) is 6.69. The third-order valence-electron chi connectivity index (χ3n) is 8.72. The smallest absolute Gasteiger partial charge is 0.242 e. The van der Waals surface area contributed by atoms with Crippen molar-refractivity contribution in [1.29, 1.82) is 0 Å². The molecule has 1 atom stereocenters. The number of anilines is 2. The summed E-state index contributed by atoms with van der Waals surface area (Å²) in [6, 6.07) is 26.0. The lowest BCUT2D eigenvalue weighted by Gasteiger charge is -2.40. The van der Waals surface area contributed by atoms with E-state index in [1.165, 1.54) is 5.56 Å². The van der Waals surface area contributed by atoms with Gasteiger partial charge in [0, 0.05) is 56.0 Å². The number of carbonyl (C=O) groups excluding carboxylic acids is 2. The Morgan fingerprint density at radius 3 is 2.36 bits per heavy atom. The van der Waals surface area contributed by atoms with Crippen molar-refractivity contribution in [2.75, 3.05) is 50.1 Å². The zero-order valence-electron chi connectivity index (χ0n) is 24.8. The number of methoxy groups -OCH3 is 1. The molecule has 3 aliphatic rings. The largest absolute Gasteiger partial charge is 0.496 e. The Labute approximate surface area is 248 Å². The molecule has 2 heterocycles. The number of allylic oxidation sites excluding steroid dienone is 1. The van der Waals surface area contributed by atoms with E-state index in [0.29, 0.717) is 25.3 Å². The van der Waals surface area contributed by atoms with E-state index < -0.39 is 6.04 Å². The van der Waals surface area contributed by atoms with Crippen LogP contribution in [0, 0.1) is 5.41 Å². The van der Waals surface area contributed by atoms with Crippen molar-refractivity contribution in [3.05, 3.63) is 101 Å². The van der Waals surface area contributed by atoms with Crippen LogP contribution in [0.2, 0.25) is 0 Å². The topological polar surface area (TPSA) is 65.1 Å². The van der Waals surface area contributed by atoms with Gasteiger partial charge in [0.25, 0.3) is 0 Å². The van der Waals surface area contributed by atoms with E-state index >= 15 is 0 Å². The lowest BCUT2D eigenvalue weighted by atomic mass is 9.73. The van der Waals surface area contributed by atoms with Crippen LogP contribution in [0.3, 0.4) is 0 Å². The first kappa shape index (κ1) is 28.0. The number of piperazine rings is 1. The molecular weight excluding hydrogens is 524 g/mol. The normalized spacial score (nSPS) is 20.4. The highest BCUT2D eigenvalue weighted by Gasteiger charge is 2.43. The Bertz CT molecular complexity index is 1490. The number of Topliss-reactive ketones (excluding diaryl/α,β-unsaturated/α-hetero) is 1. The predicted molar refractivity (Wildman–Crippen MR) is 166 cm³/mol. The van der Waals surface area contributed by atoms with Crippen molar-refractivity contribution in [3.8, 4) is 5.75 Å². The molecule has 1 fully saturated rings. The van der Waals surface area contributed by atoms with Gasteiger partial charge in [-0.2, -0.15) is 0 Å². The number of fused-ring (bicyclic) bond motifs is 1. The number of para-hydroxylation sites is 3. The van der Waals surface area contributed by atoms with E-state index in [2.05, 4.69) is 53.2 Å². The van der Waals surface area contributed by atoms with Crippen LogP contribution >= 0.6 is 0 Å². The summed E-state index contributed by atoms with van der Waals surface area (Å²) in [5, 5.41) is 3.64. The maximum absolute atomic E-state index is 14.0. The summed E-state index contributed by atoms with van der Waals surface area (Å²) in [4.78, 5) is 34.5. The quantitative estimate of drug-likeness (QED) is 0.417. The molecule has 7 nitrogen and oxygen atoms in total. The van der Waals surface area contributed by atoms with Gasteiger partial charge in [-0.25, -0.2) is 0 Å². The molecule has 42 heavy (non-hydrogen) atoms. The maximum Gasteiger partial charge on any atom is 0.242 e. The average Bonchev–Trinajstić information content (AvgIpc) is 3.11. The van der Waals surface area contributed by atoms with E-state index in [9.17, 15) is 9.59 Å². The number of amides is 1. The molecule has 1 unspecified atom stereocenters. The van der Waals surface area contributed by atoms with Crippen molar-refractivity contribution in [3.63, 3.8) is 0 Å². The summed E-state index contributed by atoms with van der Waals surface area (Å²) in [5.74, 6) is 0.888. The van der Waals surface area contributed by atoms with Gasteiger partial charge in [-0.15, -0.1) is 0 Å². The van der Waals surface area contributed by atoms with Crippen LogP contribution in [0.15, 0.2) is 90.1 Å². The van der Waals surface area contributed by atoms with E-state index in [1.807, 2.05) is 59.5 Å². The molecule has 0 saturated carbocycles.